The van der Waals surface area contributed by atoms with Crippen LogP contribution in [0, 0.1) is 0 Å². The van der Waals surface area contributed by atoms with E-state index in [1.54, 1.807) is 50.6 Å². The van der Waals surface area contributed by atoms with Crippen molar-refractivity contribution >= 4 is 41.2 Å². The van der Waals surface area contributed by atoms with E-state index in [2.05, 4.69) is 0 Å². The highest BCUT2D eigenvalue weighted by atomic mass is 35.5. The Morgan fingerprint density at radius 1 is 1.11 bits per heavy atom. The molecule has 0 unspecified atom stereocenters. The molecule has 0 saturated heterocycles. The average Bonchev–Trinajstić information content (AvgIpc) is 2.67. The van der Waals surface area contributed by atoms with Crippen LogP contribution in [0.5, 0.6) is 5.75 Å². The molecule has 2 rings (SSSR count). The van der Waals surface area contributed by atoms with Crippen LogP contribution < -0.4 is 4.74 Å². The normalized spacial score (nSPS) is 10.7. The lowest BCUT2D eigenvalue weighted by Gasteiger charge is -2.17. The highest BCUT2D eigenvalue weighted by Crippen LogP contribution is 2.23. The van der Waals surface area contributed by atoms with Crippen molar-refractivity contribution in [3.05, 3.63) is 69.7 Å². The van der Waals surface area contributed by atoms with Crippen LogP contribution >= 0.6 is 23.2 Å². The maximum atomic E-state index is 12.1. The lowest BCUT2D eigenvalue weighted by molar-refractivity contribution is -0.147. The molecule has 0 aliphatic carbocycles. The van der Waals surface area contributed by atoms with Crippen LogP contribution in [0.4, 0.5) is 0 Å². The van der Waals surface area contributed by atoms with Gasteiger partial charge < -0.3 is 14.4 Å². The molecule has 27 heavy (non-hydrogen) atoms. The molecule has 0 saturated carbocycles. The number of rotatable bonds is 7. The predicted molar refractivity (Wildman–Crippen MR) is 106 cm³/mol. The Bertz CT molecular complexity index is 852. The number of esters is 1. The Labute approximate surface area is 168 Å². The second-order valence-corrected chi connectivity index (χ2v) is 6.50. The number of hydrogen-bond acceptors (Lipinski definition) is 4. The smallest absolute Gasteiger partial charge is 0.331 e. The fraction of sp³-hybridized carbons (Fsp3) is 0.200. The van der Waals surface area contributed by atoms with Crippen molar-refractivity contribution in [2.45, 2.75) is 6.54 Å². The average molecular weight is 408 g/mol. The molecule has 142 valence electrons. The van der Waals surface area contributed by atoms with Gasteiger partial charge in [0.05, 0.1) is 17.2 Å². The molecule has 0 spiro atoms. The quantitative estimate of drug-likeness (QED) is 0.509. The summed E-state index contributed by atoms with van der Waals surface area (Å²) in [5.41, 5.74) is 1.56. The minimum atomic E-state index is -0.614. The predicted octanol–water partition coefficient (Wildman–Crippen LogP) is 4.22. The first kappa shape index (κ1) is 20.8. The van der Waals surface area contributed by atoms with Crippen molar-refractivity contribution in [2.24, 2.45) is 0 Å². The van der Waals surface area contributed by atoms with E-state index in [-0.39, 0.29) is 12.5 Å². The number of amides is 1. The van der Waals surface area contributed by atoms with E-state index in [9.17, 15) is 9.59 Å². The van der Waals surface area contributed by atoms with E-state index in [0.717, 1.165) is 11.1 Å². The molecule has 0 atom stereocenters. The van der Waals surface area contributed by atoms with Crippen molar-refractivity contribution in [2.75, 3.05) is 20.8 Å². The summed E-state index contributed by atoms with van der Waals surface area (Å²) in [6, 6.07) is 12.4. The number of carbonyl (C=O) groups is 2. The van der Waals surface area contributed by atoms with Gasteiger partial charge in [-0.25, -0.2) is 4.79 Å². The summed E-state index contributed by atoms with van der Waals surface area (Å²) in [6.45, 7) is -0.0305. The molecule has 2 aromatic rings. The third-order valence-corrected chi connectivity index (χ3v) is 4.44. The molecule has 0 radical (unpaired) electrons. The number of carbonyl (C=O) groups excluding carboxylic acids is 2. The van der Waals surface area contributed by atoms with Gasteiger partial charge in [-0.1, -0.05) is 47.5 Å². The summed E-state index contributed by atoms with van der Waals surface area (Å²) in [7, 11) is 3.16. The van der Waals surface area contributed by atoms with E-state index in [1.807, 2.05) is 12.1 Å². The zero-order valence-electron chi connectivity index (χ0n) is 14.9. The highest BCUT2D eigenvalue weighted by molar-refractivity contribution is 6.42. The molecule has 2 aromatic carbocycles. The molecule has 0 fully saturated rings. The SMILES string of the molecule is COc1ccccc1/C=C/C(=O)OCC(=O)N(C)Cc1ccc(Cl)c(Cl)c1. The van der Waals surface area contributed by atoms with Crippen molar-refractivity contribution in [3.8, 4) is 5.75 Å². The van der Waals surface area contributed by atoms with E-state index in [4.69, 9.17) is 32.7 Å². The summed E-state index contributed by atoms with van der Waals surface area (Å²) < 4.78 is 10.2. The summed E-state index contributed by atoms with van der Waals surface area (Å²) in [5.74, 6) is -0.309. The Morgan fingerprint density at radius 3 is 2.56 bits per heavy atom. The number of benzene rings is 2. The van der Waals surface area contributed by atoms with Crippen LogP contribution in [0.1, 0.15) is 11.1 Å². The van der Waals surface area contributed by atoms with Crippen LogP contribution in [-0.2, 0) is 20.9 Å². The maximum absolute atomic E-state index is 12.1. The molecule has 0 heterocycles. The number of halogens is 2. The van der Waals surface area contributed by atoms with E-state index < -0.39 is 5.97 Å². The van der Waals surface area contributed by atoms with Gasteiger partial charge in [-0.15, -0.1) is 0 Å². The van der Waals surface area contributed by atoms with Gasteiger partial charge in [0.25, 0.3) is 5.91 Å². The lowest BCUT2D eigenvalue weighted by Crippen LogP contribution is -2.30. The first-order valence-corrected chi connectivity index (χ1v) is 8.82. The minimum absolute atomic E-state index is 0.324. The van der Waals surface area contributed by atoms with Crippen molar-refractivity contribution in [1.82, 2.24) is 4.90 Å². The summed E-state index contributed by atoms with van der Waals surface area (Å²) in [5, 5.41) is 0.869. The van der Waals surface area contributed by atoms with Gasteiger partial charge in [-0.05, 0) is 29.8 Å². The van der Waals surface area contributed by atoms with Crippen molar-refractivity contribution < 1.29 is 19.1 Å². The van der Waals surface area contributed by atoms with Gasteiger partial charge in [0, 0.05) is 25.2 Å². The monoisotopic (exact) mass is 407 g/mol. The molecule has 0 aliphatic rings. The maximum Gasteiger partial charge on any atom is 0.331 e. The zero-order chi connectivity index (χ0) is 19.8. The van der Waals surface area contributed by atoms with Gasteiger partial charge >= 0.3 is 5.97 Å². The first-order valence-electron chi connectivity index (χ1n) is 8.06. The molecule has 7 heteroatoms. The molecule has 5 nitrogen and oxygen atoms in total. The van der Waals surface area contributed by atoms with Gasteiger partial charge in [0.2, 0.25) is 0 Å². The summed E-state index contributed by atoms with van der Waals surface area (Å²) in [6.07, 6.45) is 2.83. The number of ether oxygens (including phenoxy) is 2. The molecule has 0 aliphatic heterocycles. The van der Waals surface area contributed by atoms with E-state index >= 15 is 0 Å². The van der Waals surface area contributed by atoms with Crippen LogP contribution in [0.2, 0.25) is 10.0 Å². The fourth-order valence-electron chi connectivity index (χ4n) is 2.25. The lowest BCUT2D eigenvalue weighted by atomic mass is 10.2. The standard InChI is InChI=1S/C20H19Cl2NO4/c1-23(12-14-7-9-16(21)17(22)11-14)19(24)13-27-20(25)10-8-15-5-3-4-6-18(15)26-2/h3-11H,12-13H2,1-2H3/b10-8+. The topological polar surface area (TPSA) is 55.8 Å². The van der Waals surface area contributed by atoms with Crippen molar-refractivity contribution in [1.29, 1.82) is 0 Å². The third-order valence-electron chi connectivity index (χ3n) is 3.71. The molecule has 0 aromatic heterocycles. The molecule has 0 bridgehead atoms. The Morgan fingerprint density at radius 2 is 1.85 bits per heavy atom. The Hall–Kier alpha value is -2.50. The number of likely N-dealkylation sites (N-methyl/N-ethyl adjacent to an activating group) is 1. The van der Waals surface area contributed by atoms with Crippen LogP contribution in [0.3, 0.4) is 0 Å². The third kappa shape index (κ3) is 6.31. The van der Waals surface area contributed by atoms with Crippen molar-refractivity contribution in [3.63, 3.8) is 0 Å². The number of methoxy groups -OCH3 is 1. The van der Waals surface area contributed by atoms with Gasteiger partial charge in [0.15, 0.2) is 6.61 Å². The first-order chi connectivity index (χ1) is 12.9. The molecular weight excluding hydrogens is 389 g/mol. The molecule has 0 N–H and O–H groups in total. The number of nitrogens with zero attached hydrogens (tertiary/aromatic N) is 1. The molecule has 1 amide bonds. The second kappa shape index (κ2) is 10.00. The van der Waals surface area contributed by atoms with Crippen LogP contribution in [-0.4, -0.2) is 37.5 Å². The molecular formula is C20H19Cl2NO4. The van der Waals surface area contributed by atoms with Crippen LogP contribution in [0.15, 0.2) is 48.5 Å². The second-order valence-electron chi connectivity index (χ2n) is 5.68. The van der Waals surface area contributed by atoms with Gasteiger partial charge in [-0.3, -0.25) is 4.79 Å². The Kier molecular flexibility index (Phi) is 7.70. The van der Waals surface area contributed by atoms with Gasteiger partial charge in [-0.2, -0.15) is 0 Å². The number of para-hydroxylation sites is 1. The summed E-state index contributed by atoms with van der Waals surface area (Å²) >= 11 is 11.8. The largest absolute Gasteiger partial charge is 0.496 e. The van der Waals surface area contributed by atoms with Gasteiger partial charge in [0.1, 0.15) is 5.75 Å². The Balaban J connectivity index is 1.85. The fourth-order valence-corrected chi connectivity index (χ4v) is 2.57. The van der Waals surface area contributed by atoms with Crippen LogP contribution in [0.25, 0.3) is 6.08 Å². The number of hydrogen-bond donors (Lipinski definition) is 0. The van der Waals surface area contributed by atoms with E-state index in [0.29, 0.717) is 22.3 Å². The minimum Gasteiger partial charge on any atom is -0.496 e. The highest BCUT2D eigenvalue weighted by Gasteiger charge is 2.12. The van der Waals surface area contributed by atoms with E-state index in [1.165, 1.54) is 11.0 Å². The zero-order valence-corrected chi connectivity index (χ0v) is 16.5. The summed E-state index contributed by atoms with van der Waals surface area (Å²) in [4.78, 5) is 25.4.